The fourth-order valence-corrected chi connectivity index (χ4v) is 5.53. The molecule has 6 atom stereocenters. The monoisotopic (exact) mass is 558 g/mol. The van der Waals surface area contributed by atoms with Crippen LogP contribution in [0.15, 0.2) is 54.9 Å². The number of rotatable bonds is 7. The molecule has 0 radical (unpaired) electrons. The van der Waals surface area contributed by atoms with Gasteiger partial charge in [-0.05, 0) is 48.4 Å². The SMILES string of the molecule is CNC(=O)C1(C(O)C(O)n2cnc3c(NC4CC4c4ccccc4)nc(C#Cc4ccc(F)c(F)c4)nc32)CC1C. The summed E-state index contributed by atoms with van der Waals surface area (Å²) in [5, 5.41) is 28.4. The third-order valence-electron chi connectivity index (χ3n) is 8.11. The average Bonchev–Trinajstić information content (AvgIpc) is 3.86. The van der Waals surface area contributed by atoms with E-state index >= 15 is 0 Å². The van der Waals surface area contributed by atoms with Gasteiger partial charge in [-0.25, -0.2) is 23.7 Å². The number of hydrogen-bond acceptors (Lipinski definition) is 7. The molecular weight excluding hydrogens is 530 g/mol. The lowest BCUT2D eigenvalue weighted by molar-refractivity contribution is -0.139. The second-order valence-electron chi connectivity index (χ2n) is 10.7. The second kappa shape index (κ2) is 10.2. The first kappa shape index (κ1) is 26.8. The van der Waals surface area contributed by atoms with Gasteiger partial charge in [0.1, 0.15) is 6.10 Å². The number of imidazole rings is 1. The number of halogens is 2. The average molecular weight is 559 g/mol. The second-order valence-corrected chi connectivity index (χ2v) is 10.7. The van der Waals surface area contributed by atoms with Crippen LogP contribution in [0.5, 0.6) is 0 Å². The Morgan fingerprint density at radius 2 is 1.88 bits per heavy atom. The molecule has 2 saturated carbocycles. The number of fused-ring (bicyclic) bond motifs is 1. The molecule has 2 fully saturated rings. The van der Waals surface area contributed by atoms with Crippen LogP contribution in [-0.2, 0) is 4.79 Å². The molecule has 1 amide bonds. The number of amides is 1. The topological polar surface area (TPSA) is 125 Å². The minimum atomic E-state index is -1.53. The molecule has 0 saturated heterocycles. The van der Waals surface area contributed by atoms with Gasteiger partial charge in [-0.2, -0.15) is 0 Å². The van der Waals surface area contributed by atoms with Crippen molar-refractivity contribution in [2.45, 2.75) is 44.1 Å². The predicted molar refractivity (Wildman–Crippen MR) is 146 cm³/mol. The Morgan fingerprint density at radius 3 is 2.56 bits per heavy atom. The van der Waals surface area contributed by atoms with Crippen molar-refractivity contribution in [3.05, 3.63) is 83.4 Å². The van der Waals surface area contributed by atoms with Gasteiger partial charge in [-0.15, -0.1) is 0 Å². The zero-order valence-corrected chi connectivity index (χ0v) is 22.3. The first-order valence-corrected chi connectivity index (χ1v) is 13.3. The van der Waals surface area contributed by atoms with Crippen LogP contribution in [0.2, 0.25) is 0 Å². The number of aliphatic hydroxyl groups is 2. The lowest BCUT2D eigenvalue weighted by atomic mass is 9.93. The summed E-state index contributed by atoms with van der Waals surface area (Å²) in [6, 6.07) is 13.4. The van der Waals surface area contributed by atoms with Crippen LogP contribution in [0.3, 0.4) is 0 Å². The van der Waals surface area contributed by atoms with Crippen molar-refractivity contribution in [2.24, 2.45) is 11.3 Å². The summed E-state index contributed by atoms with van der Waals surface area (Å²) in [7, 11) is 1.49. The van der Waals surface area contributed by atoms with Crippen molar-refractivity contribution < 1.29 is 23.8 Å². The highest BCUT2D eigenvalue weighted by atomic mass is 19.2. The van der Waals surface area contributed by atoms with Crippen LogP contribution < -0.4 is 10.6 Å². The molecule has 11 heteroatoms. The Morgan fingerprint density at radius 1 is 1.12 bits per heavy atom. The van der Waals surface area contributed by atoms with Crippen LogP contribution in [0, 0.1) is 34.8 Å². The zero-order valence-electron chi connectivity index (χ0n) is 22.3. The number of nitrogens with one attached hydrogen (secondary N) is 2. The number of nitrogens with zero attached hydrogens (tertiary/aromatic N) is 4. The van der Waals surface area contributed by atoms with Gasteiger partial charge >= 0.3 is 0 Å². The number of aliphatic hydroxyl groups excluding tert-OH is 2. The number of benzene rings is 2. The fourth-order valence-electron chi connectivity index (χ4n) is 5.53. The molecule has 4 N–H and O–H groups in total. The maximum Gasteiger partial charge on any atom is 0.229 e. The Balaban J connectivity index is 1.37. The molecule has 0 aliphatic heterocycles. The van der Waals surface area contributed by atoms with Crippen molar-refractivity contribution in [3.63, 3.8) is 0 Å². The first-order chi connectivity index (χ1) is 19.7. The van der Waals surface area contributed by atoms with Gasteiger partial charge in [0.05, 0.1) is 11.7 Å². The molecule has 0 spiro atoms. The van der Waals surface area contributed by atoms with E-state index in [2.05, 4.69) is 49.6 Å². The molecule has 2 aliphatic carbocycles. The van der Waals surface area contributed by atoms with E-state index in [1.807, 2.05) is 25.1 Å². The maximum absolute atomic E-state index is 13.7. The highest BCUT2D eigenvalue weighted by molar-refractivity contribution is 5.87. The lowest BCUT2D eigenvalue weighted by Crippen LogP contribution is -2.43. The standard InChI is InChI=1S/C30H28F2N6O3/c1-16-14-30(16,29(41)33-2)25(39)28(40)38-15-34-24-26(35-22-13-19(22)18-6-4-3-5-7-18)36-23(37-27(24)38)11-9-17-8-10-20(31)21(32)12-17/h3-8,10,12,15-16,19,22,25,28,39-40H,13-14H2,1-2H3,(H,33,41)(H,35,36,37). The Bertz CT molecular complexity index is 1700. The summed E-state index contributed by atoms with van der Waals surface area (Å²) < 4.78 is 28.4. The Kier molecular flexibility index (Phi) is 6.68. The molecule has 210 valence electrons. The van der Waals surface area contributed by atoms with Gasteiger partial charge in [0.2, 0.25) is 11.7 Å². The van der Waals surface area contributed by atoms with E-state index in [-0.39, 0.29) is 40.8 Å². The molecule has 6 rings (SSSR count). The van der Waals surface area contributed by atoms with Crippen LogP contribution >= 0.6 is 0 Å². The molecule has 6 unspecified atom stereocenters. The molecule has 2 aromatic carbocycles. The number of carbonyl (C=O) groups is 1. The van der Waals surface area contributed by atoms with E-state index in [0.717, 1.165) is 18.6 Å². The number of hydrogen-bond donors (Lipinski definition) is 4. The summed E-state index contributed by atoms with van der Waals surface area (Å²) in [5.41, 5.74) is 0.834. The third-order valence-corrected chi connectivity index (χ3v) is 8.11. The van der Waals surface area contributed by atoms with Gasteiger partial charge in [0, 0.05) is 24.6 Å². The summed E-state index contributed by atoms with van der Waals surface area (Å²) in [6.45, 7) is 1.84. The first-order valence-electron chi connectivity index (χ1n) is 13.3. The Labute approximate surface area is 234 Å². The minimum Gasteiger partial charge on any atom is -0.387 e. The molecule has 2 aliphatic rings. The number of anilines is 1. The molecule has 4 aromatic rings. The fraction of sp³-hybridized carbons (Fsp3) is 0.333. The summed E-state index contributed by atoms with van der Waals surface area (Å²) in [6.07, 6.45) is -0.317. The summed E-state index contributed by atoms with van der Waals surface area (Å²) >= 11 is 0. The van der Waals surface area contributed by atoms with Crippen molar-refractivity contribution in [3.8, 4) is 11.8 Å². The largest absolute Gasteiger partial charge is 0.387 e. The normalized spacial score (nSPS) is 24.2. The molecular formula is C30H28F2N6O3. The Hall–Kier alpha value is -4.40. The van der Waals surface area contributed by atoms with Gasteiger partial charge in [-0.3, -0.25) is 9.36 Å². The lowest BCUT2D eigenvalue weighted by Gasteiger charge is -2.27. The van der Waals surface area contributed by atoms with Gasteiger partial charge in [-0.1, -0.05) is 43.2 Å². The summed E-state index contributed by atoms with van der Waals surface area (Å²) in [5.74, 6) is 3.76. The highest BCUT2D eigenvalue weighted by Crippen LogP contribution is 2.57. The minimum absolute atomic E-state index is 0.0471. The molecule has 41 heavy (non-hydrogen) atoms. The van der Waals surface area contributed by atoms with E-state index in [1.54, 1.807) is 0 Å². The molecule has 0 bridgehead atoms. The van der Waals surface area contributed by atoms with E-state index in [9.17, 15) is 23.8 Å². The molecule has 2 heterocycles. The van der Waals surface area contributed by atoms with Gasteiger partial charge in [0.25, 0.3) is 0 Å². The third kappa shape index (κ3) is 4.79. The van der Waals surface area contributed by atoms with Crippen molar-refractivity contribution in [1.29, 1.82) is 0 Å². The van der Waals surface area contributed by atoms with Crippen LogP contribution in [0.4, 0.5) is 14.6 Å². The zero-order chi connectivity index (χ0) is 28.9. The van der Waals surface area contributed by atoms with E-state index < -0.39 is 29.4 Å². The van der Waals surface area contributed by atoms with Crippen molar-refractivity contribution in [2.75, 3.05) is 12.4 Å². The molecule has 2 aromatic heterocycles. The summed E-state index contributed by atoms with van der Waals surface area (Å²) in [4.78, 5) is 26.1. The van der Waals surface area contributed by atoms with Crippen LogP contribution in [0.1, 0.15) is 48.9 Å². The number of carbonyl (C=O) groups excluding carboxylic acids is 1. The van der Waals surface area contributed by atoms with E-state index in [1.165, 1.54) is 29.6 Å². The number of aromatic nitrogens is 4. The maximum atomic E-state index is 13.7. The van der Waals surface area contributed by atoms with E-state index in [0.29, 0.717) is 17.8 Å². The smallest absolute Gasteiger partial charge is 0.229 e. The molecule has 9 nitrogen and oxygen atoms in total. The van der Waals surface area contributed by atoms with E-state index in [4.69, 9.17) is 0 Å². The quantitative estimate of drug-likeness (QED) is 0.257. The van der Waals surface area contributed by atoms with Crippen LogP contribution in [0.25, 0.3) is 11.2 Å². The highest BCUT2D eigenvalue weighted by Gasteiger charge is 2.63. The van der Waals surface area contributed by atoms with Crippen molar-refractivity contribution >= 4 is 22.9 Å². The predicted octanol–water partition coefficient (Wildman–Crippen LogP) is 3.10. The van der Waals surface area contributed by atoms with Gasteiger partial charge < -0.3 is 20.8 Å². The van der Waals surface area contributed by atoms with Crippen LogP contribution in [-0.4, -0.2) is 54.8 Å². The van der Waals surface area contributed by atoms with Crippen molar-refractivity contribution in [1.82, 2.24) is 24.8 Å². The van der Waals surface area contributed by atoms with Gasteiger partial charge in [0.15, 0.2) is 34.8 Å².